The number of carbonyl (C=O) groups is 1. The van der Waals surface area contributed by atoms with Crippen molar-refractivity contribution in [1.82, 2.24) is 5.32 Å². The van der Waals surface area contributed by atoms with Crippen LogP contribution in [0.25, 0.3) is 0 Å². The van der Waals surface area contributed by atoms with Crippen molar-refractivity contribution in [1.29, 1.82) is 0 Å². The molecule has 1 amide bonds. The third kappa shape index (κ3) is 3.98. The number of rotatable bonds is 4. The lowest BCUT2D eigenvalue weighted by Crippen LogP contribution is -2.29. The summed E-state index contributed by atoms with van der Waals surface area (Å²) in [5.74, 6) is -0.138. The summed E-state index contributed by atoms with van der Waals surface area (Å²) >= 11 is 4.68. The quantitative estimate of drug-likeness (QED) is 0.784. The molecule has 86 valence electrons. The summed E-state index contributed by atoms with van der Waals surface area (Å²) in [7, 11) is 0. The molecule has 3 nitrogen and oxygen atoms in total. The second-order valence-corrected chi connectivity index (χ2v) is 4.37. The van der Waals surface area contributed by atoms with E-state index in [0.717, 1.165) is 5.56 Å². The van der Waals surface area contributed by atoms with Gasteiger partial charge in [-0.3, -0.25) is 4.79 Å². The van der Waals surface area contributed by atoms with Crippen LogP contribution in [0.2, 0.25) is 0 Å². The van der Waals surface area contributed by atoms with Crippen LogP contribution in [0.4, 0.5) is 0 Å². The normalized spacial score (nSPS) is 11.9. The number of aryl methyl sites for hydroxylation is 1. The van der Waals surface area contributed by atoms with E-state index in [-0.39, 0.29) is 23.4 Å². The summed E-state index contributed by atoms with van der Waals surface area (Å²) in [6.45, 7) is 3.96. The van der Waals surface area contributed by atoms with Gasteiger partial charge in [-0.1, -0.05) is 42.0 Å². The fourth-order valence-corrected chi connectivity index (χ4v) is 1.52. The molecule has 1 rings (SSSR count). The second-order valence-electron chi connectivity index (χ2n) is 3.84. The smallest absolute Gasteiger partial charge is 0.227 e. The highest BCUT2D eigenvalue weighted by molar-refractivity contribution is 7.80. The van der Waals surface area contributed by atoms with Crippen LogP contribution in [0.5, 0.6) is 0 Å². The van der Waals surface area contributed by atoms with Gasteiger partial charge in [0, 0.05) is 0 Å². The minimum absolute atomic E-state index is 0.0255. The number of hydrogen-bond acceptors (Lipinski definition) is 2. The Morgan fingerprint density at radius 3 is 2.50 bits per heavy atom. The molecule has 16 heavy (non-hydrogen) atoms. The summed E-state index contributed by atoms with van der Waals surface area (Å²) in [5.41, 5.74) is 7.57. The topological polar surface area (TPSA) is 55.1 Å². The summed E-state index contributed by atoms with van der Waals surface area (Å²) in [6, 6.07) is 8.02. The average molecular weight is 236 g/mol. The van der Waals surface area contributed by atoms with Crippen LogP contribution in [-0.2, 0) is 4.79 Å². The van der Waals surface area contributed by atoms with Crippen LogP contribution in [0.15, 0.2) is 24.3 Å². The minimum atomic E-state index is -0.138. The van der Waals surface area contributed by atoms with E-state index < -0.39 is 0 Å². The minimum Gasteiger partial charge on any atom is -0.393 e. The Labute approximate surface area is 101 Å². The fraction of sp³-hybridized carbons (Fsp3) is 0.333. The van der Waals surface area contributed by atoms with Crippen molar-refractivity contribution >= 4 is 23.1 Å². The van der Waals surface area contributed by atoms with E-state index in [1.807, 2.05) is 38.1 Å². The first-order valence-electron chi connectivity index (χ1n) is 5.13. The molecule has 0 aliphatic carbocycles. The van der Waals surface area contributed by atoms with Gasteiger partial charge in [0.05, 0.1) is 17.5 Å². The highest BCUT2D eigenvalue weighted by Crippen LogP contribution is 2.12. The SMILES string of the molecule is Cc1ccc(C(C)NC(=O)CC(N)=S)cc1. The molecule has 0 radical (unpaired) electrons. The molecule has 0 fully saturated rings. The van der Waals surface area contributed by atoms with E-state index in [1.54, 1.807) is 0 Å². The standard InChI is InChI=1S/C12H16N2OS/c1-8-3-5-10(6-4-8)9(2)14-12(15)7-11(13)16/h3-6,9H,7H2,1-2H3,(H2,13,16)(H,14,15). The first kappa shape index (κ1) is 12.6. The number of nitrogens with two attached hydrogens (primary N) is 1. The Morgan fingerprint density at radius 1 is 1.44 bits per heavy atom. The zero-order chi connectivity index (χ0) is 12.1. The van der Waals surface area contributed by atoms with Crippen molar-refractivity contribution < 1.29 is 4.79 Å². The number of carbonyl (C=O) groups excluding carboxylic acids is 1. The highest BCUT2D eigenvalue weighted by Gasteiger charge is 2.09. The first-order chi connectivity index (χ1) is 7.49. The fourth-order valence-electron chi connectivity index (χ4n) is 1.39. The maximum absolute atomic E-state index is 11.4. The van der Waals surface area contributed by atoms with Crippen molar-refractivity contribution in [2.75, 3.05) is 0 Å². The lowest BCUT2D eigenvalue weighted by molar-refractivity contribution is -0.120. The van der Waals surface area contributed by atoms with Crippen LogP contribution >= 0.6 is 12.2 Å². The van der Waals surface area contributed by atoms with Gasteiger partial charge in [0.25, 0.3) is 0 Å². The number of thiocarbonyl (C=S) groups is 1. The van der Waals surface area contributed by atoms with E-state index >= 15 is 0 Å². The molecular formula is C12H16N2OS. The van der Waals surface area contributed by atoms with Crippen LogP contribution in [0.1, 0.15) is 30.5 Å². The molecule has 1 aromatic rings. The Kier molecular flexibility index (Phi) is 4.43. The van der Waals surface area contributed by atoms with Crippen LogP contribution in [0.3, 0.4) is 0 Å². The van der Waals surface area contributed by atoms with Crippen LogP contribution in [0, 0.1) is 6.92 Å². The molecule has 1 atom stereocenters. The van der Waals surface area contributed by atoms with Crippen molar-refractivity contribution in [2.45, 2.75) is 26.3 Å². The Hall–Kier alpha value is -1.42. The van der Waals surface area contributed by atoms with E-state index in [2.05, 4.69) is 17.5 Å². The summed E-state index contributed by atoms with van der Waals surface area (Å²) in [5, 5.41) is 2.84. The average Bonchev–Trinajstić information content (AvgIpc) is 2.16. The predicted octanol–water partition coefficient (Wildman–Crippen LogP) is 1.85. The molecular weight excluding hydrogens is 220 g/mol. The van der Waals surface area contributed by atoms with Gasteiger partial charge in [-0.05, 0) is 19.4 Å². The van der Waals surface area contributed by atoms with Gasteiger partial charge in [0.15, 0.2) is 0 Å². The van der Waals surface area contributed by atoms with Crippen LogP contribution < -0.4 is 11.1 Å². The molecule has 0 heterocycles. The molecule has 0 aromatic heterocycles. The largest absolute Gasteiger partial charge is 0.393 e. The molecule has 0 aliphatic heterocycles. The van der Waals surface area contributed by atoms with Gasteiger partial charge in [-0.25, -0.2) is 0 Å². The van der Waals surface area contributed by atoms with Gasteiger partial charge in [0.2, 0.25) is 5.91 Å². The molecule has 0 saturated heterocycles. The van der Waals surface area contributed by atoms with Gasteiger partial charge >= 0.3 is 0 Å². The second kappa shape index (κ2) is 5.61. The van der Waals surface area contributed by atoms with Gasteiger partial charge in [0.1, 0.15) is 0 Å². The molecule has 4 heteroatoms. The summed E-state index contributed by atoms with van der Waals surface area (Å²) in [6.07, 6.45) is 0.103. The zero-order valence-corrected chi connectivity index (χ0v) is 10.3. The van der Waals surface area contributed by atoms with E-state index in [9.17, 15) is 4.79 Å². The monoisotopic (exact) mass is 236 g/mol. The van der Waals surface area contributed by atoms with Crippen LogP contribution in [-0.4, -0.2) is 10.9 Å². The van der Waals surface area contributed by atoms with Gasteiger partial charge in [-0.15, -0.1) is 0 Å². The maximum atomic E-state index is 11.4. The predicted molar refractivity (Wildman–Crippen MR) is 69.1 cm³/mol. The molecule has 0 saturated carbocycles. The lowest BCUT2D eigenvalue weighted by atomic mass is 10.1. The number of hydrogen-bond donors (Lipinski definition) is 2. The molecule has 1 aromatic carbocycles. The molecule has 0 aliphatic rings. The lowest BCUT2D eigenvalue weighted by Gasteiger charge is -2.14. The van der Waals surface area contributed by atoms with E-state index in [0.29, 0.717) is 0 Å². The molecule has 0 bridgehead atoms. The third-order valence-electron chi connectivity index (χ3n) is 2.29. The Balaban J connectivity index is 2.58. The highest BCUT2D eigenvalue weighted by atomic mass is 32.1. The van der Waals surface area contributed by atoms with Gasteiger partial charge < -0.3 is 11.1 Å². The van der Waals surface area contributed by atoms with Crippen molar-refractivity contribution in [2.24, 2.45) is 5.73 Å². The molecule has 1 unspecified atom stereocenters. The van der Waals surface area contributed by atoms with Crippen molar-refractivity contribution in [3.05, 3.63) is 35.4 Å². The first-order valence-corrected chi connectivity index (χ1v) is 5.54. The Morgan fingerprint density at radius 2 is 2.00 bits per heavy atom. The molecule has 0 spiro atoms. The van der Waals surface area contributed by atoms with Crippen molar-refractivity contribution in [3.63, 3.8) is 0 Å². The summed E-state index contributed by atoms with van der Waals surface area (Å²) < 4.78 is 0. The maximum Gasteiger partial charge on any atom is 0.227 e. The van der Waals surface area contributed by atoms with Crippen molar-refractivity contribution in [3.8, 4) is 0 Å². The van der Waals surface area contributed by atoms with E-state index in [1.165, 1.54) is 5.56 Å². The number of benzene rings is 1. The number of amides is 1. The number of nitrogens with one attached hydrogen (secondary N) is 1. The van der Waals surface area contributed by atoms with E-state index in [4.69, 9.17) is 5.73 Å². The summed E-state index contributed by atoms with van der Waals surface area (Å²) in [4.78, 5) is 11.6. The Bertz CT molecular complexity index is 387. The van der Waals surface area contributed by atoms with Gasteiger partial charge in [-0.2, -0.15) is 0 Å². The zero-order valence-electron chi connectivity index (χ0n) is 9.49. The third-order valence-corrected chi connectivity index (χ3v) is 2.43. The molecule has 3 N–H and O–H groups in total.